The molecule has 0 fully saturated rings. The predicted octanol–water partition coefficient (Wildman–Crippen LogP) is 1.70. The van der Waals surface area contributed by atoms with Crippen LogP contribution in [-0.4, -0.2) is 25.9 Å². The molecule has 0 saturated carbocycles. The van der Waals surface area contributed by atoms with E-state index in [1.165, 1.54) is 24.8 Å². The molecule has 7 heteroatoms. The molecule has 0 atom stereocenters. The average molecular weight is 227 g/mol. The summed E-state index contributed by atoms with van der Waals surface area (Å²) in [5.41, 5.74) is 0.481. The van der Waals surface area contributed by atoms with Crippen molar-refractivity contribution in [2.24, 2.45) is 0 Å². The highest BCUT2D eigenvalue weighted by Gasteiger charge is 2.29. The van der Waals surface area contributed by atoms with E-state index < -0.39 is 12.7 Å². The lowest BCUT2D eigenvalue weighted by Crippen LogP contribution is -2.19. The summed E-state index contributed by atoms with van der Waals surface area (Å²) in [5, 5.41) is 3.55. The topological polar surface area (TPSA) is 43.6 Å². The van der Waals surface area contributed by atoms with Gasteiger partial charge in [-0.05, 0) is 0 Å². The van der Waals surface area contributed by atoms with Crippen molar-refractivity contribution in [1.29, 1.82) is 0 Å². The van der Waals surface area contributed by atoms with Gasteiger partial charge in [0.25, 0.3) is 0 Å². The number of aromatic nitrogens is 4. The Hall–Kier alpha value is -1.92. The van der Waals surface area contributed by atoms with Gasteiger partial charge < -0.3 is 0 Å². The molecule has 1 radical (unpaired) electrons. The summed E-state index contributed by atoms with van der Waals surface area (Å²) in [5.74, 6) is 0. The molecule has 0 aromatic carbocycles. The number of alkyl halides is 3. The second-order valence-corrected chi connectivity index (χ2v) is 3.00. The molecule has 16 heavy (non-hydrogen) atoms. The normalized spacial score (nSPS) is 11.7. The quantitative estimate of drug-likeness (QED) is 0.784. The van der Waals surface area contributed by atoms with E-state index in [2.05, 4.69) is 21.1 Å². The zero-order chi connectivity index (χ0) is 11.6. The van der Waals surface area contributed by atoms with Crippen LogP contribution in [0.25, 0.3) is 11.4 Å². The van der Waals surface area contributed by atoms with Crippen LogP contribution in [0.5, 0.6) is 0 Å². The molecule has 0 aliphatic rings. The van der Waals surface area contributed by atoms with E-state index in [4.69, 9.17) is 0 Å². The third kappa shape index (κ3) is 2.36. The maximum atomic E-state index is 12.2. The summed E-state index contributed by atoms with van der Waals surface area (Å²) < 4.78 is 37.4. The van der Waals surface area contributed by atoms with Gasteiger partial charge in [-0.1, -0.05) is 0 Å². The first-order chi connectivity index (χ1) is 7.56. The molecule has 2 heterocycles. The lowest BCUT2D eigenvalue weighted by Gasteiger charge is -2.09. The number of hydrogen-bond acceptors (Lipinski definition) is 3. The molecule has 0 amide bonds. The SMILES string of the molecule is FC(F)(F)Cn1nc[c]c1-c1cnccn1. The first-order valence-corrected chi connectivity index (χ1v) is 4.33. The van der Waals surface area contributed by atoms with Crippen molar-refractivity contribution < 1.29 is 13.2 Å². The molecule has 0 spiro atoms. The highest BCUT2D eigenvalue weighted by molar-refractivity contribution is 5.51. The maximum absolute atomic E-state index is 12.2. The Morgan fingerprint density at radius 2 is 2.12 bits per heavy atom. The van der Waals surface area contributed by atoms with Crippen molar-refractivity contribution in [1.82, 2.24) is 19.7 Å². The first-order valence-electron chi connectivity index (χ1n) is 4.33. The van der Waals surface area contributed by atoms with Gasteiger partial charge in [0, 0.05) is 18.5 Å². The number of halogens is 3. The molecular formula is C9H6F3N4. The van der Waals surface area contributed by atoms with E-state index in [9.17, 15) is 13.2 Å². The summed E-state index contributed by atoms with van der Waals surface area (Å²) >= 11 is 0. The van der Waals surface area contributed by atoms with Crippen molar-refractivity contribution in [3.63, 3.8) is 0 Å². The van der Waals surface area contributed by atoms with Crippen molar-refractivity contribution in [3.05, 3.63) is 30.9 Å². The summed E-state index contributed by atoms with van der Waals surface area (Å²) in [6, 6.07) is 2.59. The van der Waals surface area contributed by atoms with Crippen LogP contribution >= 0.6 is 0 Å². The predicted molar refractivity (Wildman–Crippen MR) is 48.1 cm³/mol. The standard InChI is InChI=1S/C9H6F3N4/c10-9(11,12)6-16-8(1-2-15-16)7-5-13-3-4-14-7/h2-5H,6H2. The van der Waals surface area contributed by atoms with Crippen LogP contribution in [0.15, 0.2) is 24.8 Å². The Morgan fingerprint density at radius 3 is 2.75 bits per heavy atom. The van der Waals surface area contributed by atoms with Gasteiger partial charge in [0.05, 0.1) is 18.1 Å². The summed E-state index contributed by atoms with van der Waals surface area (Å²) in [4.78, 5) is 7.66. The first kappa shape index (κ1) is 10.6. The molecule has 0 unspecified atom stereocenters. The van der Waals surface area contributed by atoms with E-state index in [1.807, 2.05) is 0 Å². The molecule has 0 aliphatic carbocycles. The Morgan fingerprint density at radius 1 is 1.31 bits per heavy atom. The molecule has 2 aromatic heterocycles. The Bertz CT molecular complexity index is 463. The summed E-state index contributed by atoms with van der Waals surface area (Å²) in [7, 11) is 0. The second kappa shape index (κ2) is 3.92. The van der Waals surface area contributed by atoms with E-state index in [1.54, 1.807) is 0 Å². The van der Waals surface area contributed by atoms with E-state index in [0.717, 1.165) is 4.68 Å². The highest BCUT2D eigenvalue weighted by Crippen LogP contribution is 2.21. The van der Waals surface area contributed by atoms with Crippen LogP contribution < -0.4 is 0 Å². The van der Waals surface area contributed by atoms with Crippen molar-refractivity contribution >= 4 is 0 Å². The highest BCUT2D eigenvalue weighted by atomic mass is 19.4. The van der Waals surface area contributed by atoms with Gasteiger partial charge in [0.15, 0.2) is 0 Å². The molecule has 2 aromatic rings. The fourth-order valence-corrected chi connectivity index (χ4v) is 1.21. The summed E-state index contributed by atoms with van der Waals surface area (Å²) in [6.45, 7) is -1.16. The fraction of sp³-hybridized carbons (Fsp3) is 0.222. The summed E-state index contributed by atoms with van der Waals surface area (Å²) in [6.07, 6.45) is 1.05. The van der Waals surface area contributed by atoms with Crippen LogP contribution in [0, 0.1) is 6.07 Å². The minimum atomic E-state index is -4.32. The smallest absolute Gasteiger partial charge is 0.261 e. The van der Waals surface area contributed by atoms with Crippen LogP contribution in [0.2, 0.25) is 0 Å². The molecule has 0 aliphatic heterocycles. The minimum absolute atomic E-state index is 0.172. The number of nitrogens with zero attached hydrogens (tertiary/aromatic N) is 4. The van der Waals surface area contributed by atoms with Crippen LogP contribution in [0.3, 0.4) is 0 Å². The average Bonchev–Trinajstić information content (AvgIpc) is 2.64. The fourth-order valence-electron chi connectivity index (χ4n) is 1.21. The Kier molecular flexibility index (Phi) is 2.59. The van der Waals surface area contributed by atoms with Gasteiger partial charge in [-0.15, -0.1) is 0 Å². The molecule has 0 bridgehead atoms. The third-order valence-electron chi connectivity index (χ3n) is 1.79. The molecule has 0 saturated heterocycles. The zero-order valence-electron chi connectivity index (χ0n) is 7.94. The monoisotopic (exact) mass is 227 g/mol. The zero-order valence-corrected chi connectivity index (χ0v) is 7.94. The number of rotatable bonds is 2. The van der Waals surface area contributed by atoms with E-state index in [0.29, 0.717) is 5.69 Å². The van der Waals surface area contributed by atoms with Gasteiger partial charge in [0.1, 0.15) is 12.2 Å². The van der Waals surface area contributed by atoms with Gasteiger partial charge >= 0.3 is 6.18 Å². The lowest BCUT2D eigenvalue weighted by molar-refractivity contribution is -0.142. The molecule has 0 N–H and O–H groups in total. The van der Waals surface area contributed by atoms with Gasteiger partial charge in [-0.2, -0.15) is 18.3 Å². The Labute approximate surface area is 88.8 Å². The Balaban J connectivity index is 2.33. The molecule has 4 nitrogen and oxygen atoms in total. The van der Waals surface area contributed by atoms with Gasteiger partial charge in [0.2, 0.25) is 0 Å². The third-order valence-corrected chi connectivity index (χ3v) is 1.79. The molecule has 2 rings (SSSR count). The van der Waals surface area contributed by atoms with Crippen molar-refractivity contribution in [2.45, 2.75) is 12.7 Å². The van der Waals surface area contributed by atoms with Crippen LogP contribution in [0.4, 0.5) is 13.2 Å². The second-order valence-electron chi connectivity index (χ2n) is 3.00. The van der Waals surface area contributed by atoms with Crippen molar-refractivity contribution in [2.75, 3.05) is 0 Å². The maximum Gasteiger partial charge on any atom is 0.408 e. The van der Waals surface area contributed by atoms with Crippen LogP contribution in [0.1, 0.15) is 0 Å². The largest absolute Gasteiger partial charge is 0.408 e. The van der Waals surface area contributed by atoms with E-state index >= 15 is 0 Å². The van der Waals surface area contributed by atoms with Gasteiger partial charge in [-0.25, -0.2) is 0 Å². The minimum Gasteiger partial charge on any atom is -0.261 e. The van der Waals surface area contributed by atoms with Crippen LogP contribution in [-0.2, 0) is 6.54 Å². The van der Waals surface area contributed by atoms with Crippen molar-refractivity contribution in [3.8, 4) is 11.4 Å². The van der Waals surface area contributed by atoms with E-state index in [-0.39, 0.29) is 5.69 Å². The lowest BCUT2D eigenvalue weighted by atomic mass is 10.3. The van der Waals surface area contributed by atoms with Gasteiger partial charge in [-0.3, -0.25) is 14.6 Å². The molecule has 83 valence electrons. The molecular weight excluding hydrogens is 221 g/mol. The number of hydrogen-bond donors (Lipinski definition) is 0.